The van der Waals surface area contributed by atoms with Crippen molar-refractivity contribution < 1.29 is 23.1 Å². The molecule has 116 valence electrons. The Hall–Kier alpha value is -1.87. The first-order valence-corrected chi connectivity index (χ1v) is 7.86. The molecule has 0 radical (unpaired) electrons. The molecule has 1 fully saturated rings. The molecule has 9 heteroatoms. The summed E-state index contributed by atoms with van der Waals surface area (Å²) in [4.78, 5) is 22.3. The van der Waals surface area contributed by atoms with E-state index in [1.807, 2.05) is 0 Å². The van der Waals surface area contributed by atoms with E-state index in [2.05, 4.69) is 10.0 Å². The van der Waals surface area contributed by atoms with E-state index in [0.717, 1.165) is 0 Å². The Morgan fingerprint density at radius 3 is 2.52 bits per heavy atom. The van der Waals surface area contributed by atoms with Gasteiger partial charge in [-0.15, -0.1) is 0 Å². The van der Waals surface area contributed by atoms with E-state index >= 15 is 0 Å². The molecule has 0 saturated heterocycles. The Morgan fingerprint density at radius 1 is 1.38 bits per heavy atom. The monoisotopic (exact) mass is 315 g/mol. The first-order chi connectivity index (χ1) is 9.74. The van der Waals surface area contributed by atoms with E-state index in [9.17, 15) is 18.0 Å². The normalized spacial score (nSPS) is 21.6. The lowest BCUT2D eigenvalue weighted by Crippen LogP contribution is -2.46. The van der Waals surface area contributed by atoms with Gasteiger partial charge in [0.2, 0.25) is 10.0 Å². The molecular weight excluding hydrogens is 298 g/mol. The lowest BCUT2D eigenvalue weighted by molar-refractivity contribution is -0.145. The third-order valence-electron chi connectivity index (χ3n) is 3.56. The minimum atomic E-state index is -3.76. The van der Waals surface area contributed by atoms with Crippen LogP contribution in [0.2, 0.25) is 0 Å². The quantitative estimate of drug-likeness (QED) is 0.679. The minimum Gasteiger partial charge on any atom is -0.481 e. The van der Waals surface area contributed by atoms with E-state index < -0.39 is 21.9 Å². The molecule has 3 N–H and O–H groups in total. The van der Waals surface area contributed by atoms with Crippen LogP contribution in [-0.2, 0) is 21.9 Å². The average Bonchev–Trinajstić information content (AvgIpc) is 2.75. The minimum absolute atomic E-state index is 0.0117. The molecule has 1 saturated carbocycles. The lowest BCUT2D eigenvalue weighted by atomic mass is 9.81. The number of hydrogen-bond acceptors (Lipinski definition) is 4. The molecule has 1 aromatic heterocycles. The number of aromatic nitrogens is 1. The Morgan fingerprint density at radius 2 is 2.00 bits per heavy atom. The van der Waals surface area contributed by atoms with Gasteiger partial charge in [0, 0.05) is 26.3 Å². The Balaban J connectivity index is 2.10. The summed E-state index contributed by atoms with van der Waals surface area (Å²) in [5.41, 5.74) is 0.231. The Labute approximate surface area is 122 Å². The number of carbonyl (C=O) groups is 2. The van der Waals surface area contributed by atoms with Crippen LogP contribution >= 0.6 is 0 Å². The maximum atomic E-state index is 12.2. The van der Waals surface area contributed by atoms with Crippen LogP contribution in [-0.4, -0.2) is 43.1 Å². The van der Waals surface area contributed by atoms with Gasteiger partial charge in [-0.25, -0.2) is 13.1 Å². The van der Waals surface area contributed by atoms with Gasteiger partial charge in [0.05, 0.1) is 5.92 Å². The summed E-state index contributed by atoms with van der Waals surface area (Å²) >= 11 is 0. The molecule has 21 heavy (non-hydrogen) atoms. The van der Waals surface area contributed by atoms with Crippen molar-refractivity contribution >= 4 is 21.9 Å². The van der Waals surface area contributed by atoms with Gasteiger partial charge in [-0.05, 0) is 18.9 Å². The van der Waals surface area contributed by atoms with E-state index in [-0.39, 0.29) is 35.4 Å². The van der Waals surface area contributed by atoms with Gasteiger partial charge >= 0.3 is 5.97 Å². The van der Waals surface area contributed by atoms with Crippen LogP contribution in [0.5, 0.6) is 0 Å². The van der Waals surface area contributed by atoms with Gasteiger partial charge in [0.1, 0.15) is 10.6 Å². The number of aliphatic carboxylic acids is 1. The van der Waals surface area contributed by atoms with Crippen molar-refractivity contribution in [2.75, 3.05) is 7.05 Å². The summed E-state index contributed by atoms with van der Waals surface area (Å²) in [5.74, 6) is -1.78. The van der Waals surface area contributed by atoms with E-state index in [1.165, 1.54) is 23.9 Å². The topological polar surface area (TPSA) is 118 Å². The molecule has 0 bridgehead atoms. The highest BCUT2D eigenvalue weighted by atomic mass is 32.2. The smallest absolute Gasteiger partial charge is 0.306 e. The molecule has 1 aliphatic carbocycles. The SMILES string of the molecule is CNC(=O)c1cc(S(=O)(=O)NC2CC(C(=O)O)C2)cn1C. The number of carbonyl (C=O) groups excluding carboxylic acids is 1. The number of rotatable bonds is 5. The zero-order chi connectivity index (χ0) is 15.8. The van der Waals surface area contributed by atoms with E-state index in [1.54, 1.807) is 7.05 Å². The predicted octanol–water partition coefficient (Wildman–Crippen LogP) is -0.474. The zero-order valence-electron chi connectivity index (χ0n) is 11.7. The summed E-state index contributed by atoms with van der Waals surface area (Å²) in [6, 6.07) is 0.911. The van der Waals surface area contributed by atoms with Gasteiger partial charge in [0.15, 0.2) is 0 Å². The molecule has 0 aliphatic heterocycles. The molecule has 0 unspecified atom stereocenters. The van der Waals surface area contributed by atoms with Crippen LogP contribution in [0.15, 0.2) is 17.2 Å². The summed E-state index contributed by atoms with van der Waals surface area (Å²) in [7, 11) is -0.719. The molecule has 1 heterocycles. The Bertz CT molecular complexity index is 673. The van der Waals surface area contributed by atoms with Gasteiger partial charge in [-0.2, -0.15) is 0 Å². The number of hydrogen-bond donors (Lipinski definition) is 3. The summed E-state index contributed by atoms with van der Waals surface area (Å²) in [5, 5.41) is 11.2. The summed E-state index contributed by atoms with van der Waals surface area (Å²) in [6.07, 6.45) is 1.91. The van der Waals surface area contributed by atoms with Crippen molar-refractivity contribution in [2.24, 2.45) is 13.0 Å². The molecule has 0 atom stereocenters. The highest BCUT2D eigenvalue weighted by Gasteiger charge is 2.37. The highest BCUT2D eigenvalue weighted by Crippen LogP contribution is 2.29. The third kappa shape index (κ3) is 3.08. The number of sulfonamides is 1. The summed E-state index contributed by atoms with van der Waals surface area (Å²) in [6.45, 7) is 0. The maximum Gasteiger partial charge on any atom is 0.306 e. The van der Waals surface area contributed by atoms with Crippen LogP contribution in [0.1, 0.15) is 23.3 Å². The van der Waals surface area contributed by atoms with Crippen molar-refractivity contribution in [2.45, 2.75) is 23.8 Å². The molecule has 2 rings (SSSR count). The molecule has 1 aromatic rings. The fraction of sp³-hybridized carbons (Fsp3) is 0.500. The van der Waals surface area contributed by atoms with Crippen molar-refractivity contribution in [3.8, 4) is 0 Å². The fourth-order valence-corrected chi connectivity index (χ4v) is 3.57. The van der Waals surface area contributed by atoms with Crippen molar-refractivity contribution in [1.82, 2.24) is 14.6 Å². The van der Waals surface area contributed by atoms with Gasteiger partial charge in [-0.3, -0.25) is 9.59 Å². The number of carboxylic acid groups (broad SMARTS) is 1. The van der Waals surface area contributed by atoms with Crippen LogP contribution in [0.4, 0.5) is 0 Å². The third-order valence-corrected chi connectivity index (χ3v) is 5.05. The molecule has 0 spiro atoms. The first-order valence-electron chi connectivity index (χ1n) is 6.38. The van der Waals surface area contributed by atoms with Crippen LogP contribution in [0, 0.1) is 5.92 Å². The lowest BCUT2D eigenvalue weighted by Gasteiger charge is -2.32. The number of amides is 1. The van der Waals surface area contributed by atoms with E-state index in [0.29, 0.717) is 0 Å². The van der Waals surface area contributed by atoms with Gasteiger partial charge in [0.25, 0.3) is 5.91 Å². The highest BCUT2D eigenvalue weighted by molar-refractivity contribution is 7.89. The molecular formula is C12H17N3O5S. The van der Waals surface area contributed by atoms with Crippen molar-refractivity contribution in [3.05, 3.63) is 18.0 Å². The standard InChI is InChI=1S/C12H17N3O5S/c1-13-11(16)10-5-9(6-15(10)2)21(19,20)14-8-3-7(4-8)12(17)18/h5-8,14H,3-4H2,1-2H3,(H,13,16)(H,17,18). The van der Waals surface area contributed by atoms with Crippen molar-refractivity contribution in [1.29, 1.82) is 0 Å². The molecule has 1 amide bonds. The second-order valence-electron chi connectivity index (χ2n) is 5.08. The second kappa shape index (κ2) is 5.49. The van der Waals surface area contributed by atoms with E-state index in [4.69, 9.17) is 5.11 Å². The van der Waals surface area contributed by atoms with Gasteiger partial charge < -0.3 is 15.0 Å². The van der Waals surface area contributed by atoms with Gasteiger partial charge in [-0.1, -0.05) is 0 Å². The fourth-order valence-electron chi connectivity index (χ4n) is 2.24. The number of carboxylic acids is 1. The molecule has 8 nitrogen and oxygen atoms in total. The van der Waals surface area contributed by atoms with Crippen molar-refractivity contribution in [3.63, 3.8) is 0 Å². The second-order valence-corrected chi connectivity index (χ2v) is 6.79. The van der Waals surface area contributed by atoms with Crippen LogP contribution in [0.3, 0.4) is 0 Å². The Kier molecular flexibility index (Phi) is 4.06. The van der Waals surface area contributed by atoms with Crippen LogP contribution in [0.25, 0.3) is 0 Å². The zero-order valence-corrected chi connectivity index (χ0v) is 12.5. The number of aryl methyl sites for hydroxylation is 1. The predicted molar refractivity (Wildman–Crippen MR) is 73.3 cm³/mol. The molecule has 1 aliphatic rings. The number of nitrogens with one attached hydrogen (secondary N) is 2. The summed E-state index contributed by atoms with van der Waals surface area (Å²) < 4.78 is 28.2. The maximum absolute atomic E-state index is 12.2. The average molecular weight is 315 g/mol. The molecule has 0 aromatic carbocycles. The number of nitrogens with zero attached hydrogens (tertiary/aromatic N) is 1. The first kappa shape index (κ1) is 15.5. The largest absolute Gasteiger partial charge is 0.481 e. The van der Waals surface area contributed by atoms with Crippen LogP contribution < -0.4 is 10.0 Å².